The zero-order chi connectivity index (χ0) is 47.3. The highest BCUT2D eigenvalue weighted by atomic mass is 35.5. The summed E-state index contributed by atoms with van der Waals surface area (Å²) in [6.07, 6.45) is -0.715. The third-order valence-corrected chi connectivity index (χ3v) is 7.87. The van der Waals surface area contributed by atoms with E-state index >= 15 is 0 Å². The van der Waals surface area contributed by atoms with E-state index < -0.39 is 18.8 Å². The molecule has 0 bridgehead atoms. The molecule has 0 aliphatic heterocycles. The van der Waals surface area contributed by atoms with Crippen LogP contribution >= 0.6 is 11.6 Å². The van der Waals surface area contributed by atoms with Crippen molar-refractivity contribution < 1.29 is 44.3 Å². The van der Waals surface area contributed by atoms with Crippen LogP contribution in [-0.4, -0.2) is 113 Å². The summed E-state index contributed by atoms with van der Waals surface area (Å²) in [5, 5.41) is 36.8. The molecule has 4 rings (SSSR count). The Hall–Kier alpha value is -6.18. The van der Waals surface area contributed by atoms with Gasteiger partial charge in [0, 0.05) is 39.1 Å². The van der Waals surface area contributed by atoms with Crippen LogP contribution in [0.25, 0.3) is 0 Å². The van der Waals surface area contributed by atoms with Crippen molar-refractivity contribution in [1.29, 1.82) is 0 Å². The number of rotatable bonds is 15. The van der Waals surface area contributed by atoms with Gasteiger partial charge in [-0.15, -0.1) is 11.6 Å². The smallest absolute Gasteiger partial charge is 0.410 e. The molecule has 0 saturated carbocycles. The van der Waals surface area contributed by atoms with E-state index in [9.17, 15) is 14.4 Å². The third kappa shape index (κ3) is 32.5. The number of aliphatic hydroxyl groups excluding tert-OH is 4. The van der Waals surface area contributed by atoms with E-state index in [0.717, 1.165) is 17.7 Å². The number of hydrogen-bond donors (Lipinski definition) is 6. The van der Waals surface area contributed by atoms with Crippen LogP contribution in [0.2, 0.25) is 0 Å². The molecule has 7 N–H and O–H groups in total. The average Bonchev–Trinajstić information content (AvgIpc) is 3.34. The zero-order valence-electron chi connectivity index (χ0n) is 36.8. The molecule has 64 heavy (non-hydrogen) atoms. The molecule has 0 radical (unpaired) electrons. The van der Waals surface area contributed by atoms with Crippen molar-refractivity contribution in [3.05, 3.63) is 144 Å². The summed E-state index contributed by atoms with van der Waals surface area (Å²) in [4.78, 5) is 37.6. The van der Waals surface area contributed by atoms with Crippen molar-refractivity contribution in [2.24, 2.45) is 5.73 Å². The number of ketones is 1. The summed E-state index contributed by atoms with van der Waals surface area (Å²) in [6, 6.07) is 39.2. The van der Waals surface area contributed by atoms with Crippen LogP contribution in [0.15, 0.2) is 121 Å². The summed E-state index contributed by atoms with van der Waals surface area (Å²) >= 11 is 5.10. The number of ether oxygens (including phenoxy) is 2. The lowest BCUT2D eigenvalue weighted by atomic mass is 10.2. The van der Waals surface area contributed by atoms with Gasteiger partial charge in [0.1, 0.15) is 26.4 Å². The predicted octanol–water partition coefficient (Wildman–Crippen LogP) is 5.38. The van der Waals surface area contributed by atoms with Gasteiger partial charge in [-0.2, -0.15) is 0 Å². The quantitative estimate of drug-likeness (QED) is 0.0510. The first kappa shape index (κ1) is 57.8. The van der Waals surface area contributed by atoms with Crippen LogP contribution in [-0.2, 0) is 40.4 Å². The highest BCUT2D eigenvalue weighted by molar-refractivity contribution is 6.19. The van der Waals surface area contributed by atoms with Crippen LogP contribution in [0.1, 0.15) is 42.5 Å². The maximum absolute atomic E-state index is 11.8. The summed E-state index contributed by atoms with van der Waals surface area (Å²) in [5.41, 5.74) is 9.76. The maximum Gasteiger partial charge on any atom is 0.410 e. The van der Waals surface area contributed by atoms with Gasteiger partial charge in [0.25, 0.3) is 0 Å². The van der Waals surface area contributed by atoms with Gasteiger partial charge in [0.2, 0.25) is 0 Å². The minimum absolute atomic E-state index is 0.0625. The number of Topliss-reactive ketones (excluding diaryl/α,β-unsaturated/α-hetero) is 1. The molecule has 2 amide bonds. The van der Waals surface area contributed by atoms with Crippen LogP contribution in [0.4, 0.5) is 9.59 Å². The molecule has 0 saturated heterocycles. The van der Waals surface area contributed by atoms with Gasteiger partial charge < -0.3 is 45.9 Å². The van der Waals surface area contributed by atoms with Crippen molar-refractivity contribution in [1.82, 2.24) is 15.1 Å². The SMILES string of the molecule is CCOC(=O)N(CC#CCO)Cc1ccccc1.CCOC(=O)N(CCC(=O)CO)Cc1ccccc1.NCc1ccccc1.OCC#CCCl.OCC#CCNCc1ccccc1. The number of nitrogens with zero attached hydrogens (tertiary/aromatic N) is 2. The number of aliphatic hydroxyl groups is 4. The third-order valence-electron chi connectivity index (χ3n) is 7.73. The Kier molecular flexibility index (Phi) is 38.1. The molecule has 0 unspecified atom stereocenters. The minimum atomic E-state index is -0.498. The summed E-state index contributed by atoms with van der Waals surface area (Å²) in [7, 11) is 0. The second-order valence-corrected chi connectivity index (χ2v) is 12.8. The molecule has 13 nitrogen and oxygen atoms in total. The van der Waals surface area contributed by atoms with Crippen LogP contribution in [0.5, 0.6) is 0 Å². The van der Waals surface area contributed by atoms with Gasteiger partial charge in [-0.25, -0.2) is 9.59 Å². The van der Waals surface area contributed by atoms with Crippen LogP contribution in [0, 0.1) is 35.5 Å². The number of carbonyl (C=O) groups excluding carboxylic acids is 3. The van der Waals surface area contributed by atoms with Gasteiger partial charge in [-0.05, 0) is 36.1 Å². The average molecular weight is 900 g/mol. The molecule has 344 valence electrons. The molecule has 0 aromatic heterocycles. The topological polar surface area (TPSA) is 195 Å². The molecule has 0 heterocycles. The van der Waals surface area contributed by atoms with Crippen molar-refractivity contribution >= 4 is 29.6 Å². The number of hydrogen-bond acceptors (Lipinski definition) is 11. The Bertz CT molecular complexity index is 1950. The lowest BCUT2D eigenvalue weighted by Crippen LogP contribution is -2.33. The Morgan fingerprint density at radius 3 is 1.42 bits per heavy atom. The molecule has 4 aromatic rings. The minimum Gasteiger partial charge on any atom is -0.450 e. The van der Waals surface area contributed by atoms with Crippen molar-refractivity contribution in [2.75, 3.05) is 65.2 Å². The molecular formula is C50H63ClN4O9. The van der Waals surface area contributed by atoms with E-state index in [4.69, 9.17) is 47.2 Å². The normalized spacial score (nSPS) is 9.12. The largest absolute Gasteiger partial charge is 0.450 e. The first-order valence-corrected chi connectivity index (χ1v) is 21.0. The van der Waals surface area contributed by atoms with Crippen molar-refractivity contribution in [2.45, 2.75) is 46.4 Å². The number of amides is 2. The Morgan fingerprint density at radius 2 is 1.02 bits per heavy atom. The highest BCUT2D eigenvalue weighted by Gasteiger charge is 2.16. The van der Waals surface area contributed by atoms with Crippen LogP contribution < -0.4 is 11.1 Å². The van der Waals surface area contributed by atoms with E-state index in [1.165, 1.54) is 20.9 Å². The maximum atomic E-state index is 11.8. The first-order chi connectivity index (χ1) is 31.2. The fourth-order valence-corrected chi connectivity index (χ4v) is 4.80. The molecular weight excluding hydrogens is 836 g/mol. The summed E-state index contributed by atoms with van der Waals surface area (Å²) < 4.78 is 9.92. The number of halogens is 1. The standard InChI is InChI=1S/C14H19NO4.C14H17NO3.C11H13NO.C7H9N.C4H5ClO/c1-2-19-14(18)15(9-8-13(17)11-16)10-12-6-4-3-5-7-12;1-2-18-14(17)15(10-6-7-11-16)12-13-8-4-3-5-9-13;13-9-5-4-8-12-10-11-6-2-1-3-7-11;8-6-7-4-2-1-3-5-7;5-3-1-2-4-6/h3-7,16H,2,8-11H2,1H3;3-5,8-9,16H,2,10-12H2,1H3;1-3,6-7,12-13H,8-10H2;1-5H,6,8H2;6H,3-4H2. The summed E-state index contributed by atoms with van der Waals surface area (Å²) in [5.74, 6) is 15.5. The fourth-order valence-electron chi connectivity index (χ4n) is 4.70. The van der Waals surface area contributed by atoms with E-state index in [0.29, 0.717) is 38.7 Å². The van der Waals surface area contributed by atoms with E-state index in [2.05, 4.69) is 53.0 Å². The highest BCUT2D eigenvalue weighted by Crippen LogP contribution is 2.08. The van der Waals surface area contributed by atoms with Gasteiger partial charge >= 0.3 is 12.2 Å². The van der Waals surface area contributed by atoms with Gasteiger partial charge in [0.15, 0.2) is 5.78 Å². The Morgan fingerprint density at radius 1 is 0.594 bits per heavy atom. The predicted molar refractivity (Wildman–Crippen MR) is 252 cm³/mol. The van der Waals surface area contributed by atoms with Gasteiger partial charge in [-0.3, -0.25) is 9.69 Å². The number of carbonyl (C=O) groups is 3. The number of nitrogens with one attached hydrogen (secondary N) is 1. The zero-order valence-corrected chi connectivity index (χ0v) is 37.6. The lowest BCUT2D eigenvalue weighted by molar-refractivity contribution is -0.122. The molecule has 0 aliphatic carbocycles. The van der Waals surface area contributed by atoms with Crippen molar-refractivity contribution in [3.63, 3.8) is 0 Å². The van der Waals surface area contributed by atoms with E-state index in [-0.39, 0.29) is 51.7 Å². The number of nitrogens with two attached hydrogens (primary N) is 1. The molecule has 0 spiro atoms. The number of alkyl halides is 1. The van der Waals surface area contributed by atoms with E-state index in [1.807, 2.05) is 109 Å². The Balaban J connectivity index is 0.000000817. The van der Waals surface area contributed by atoms with Crippen molar-refractivity contribution in [3.8, 4) is 35.5 Å². The monoisotopic (exact) mass is 898 g/mol. The fraction of sp³-hybridized carbons (Fsp3) is 0.340. The molecule has 0 aliphatic rings. The second kappa shape index (κ2) is 42.1. The van der Waals surface area contributed by atoms with Gasteiger partial charge in [0.05, 0.1) is 32.2 Å². The molecule has 14 heteroatoms. The van der Waals surface area contributed by atoms with Gasteiger partial charge in [-0.1, -0.05) is 157 Å². The molecule has 4 aromatic carbocycles. The second-order valence-electron chi connectivity index (χ2n) is 12.5. The summed E-state index contributed by atoms with van der Waals surface area (Å²) in [6.45, 7) is 6.66. The van der Waals surface area contributed by atoms with Crippen LogP contribution in [0.3, 0.4) is 0 Å². The first-order valence-electron chi connectivity index (χ1n) is 20.5. The lowest BCUT2D eigenvalue weighted by Gasteiger charge is -2.21. The Labute approximate surface area is 384 Å². The molecule has 0 fully saturated rings. The number of benzene rings is 4. The van der Waals surface area contributed by atoms with E-state index in [1.54, 1.807) is 13.8 Å². The molecule has 0 atom stereocenters.